The van der Waals surface area contributed by atoms with Gasteiger partial charge in [-0.3, -0.25) is 15.0 Å². The van der Waals surface area contributed by atoms with E-state index >= 15 is 0 Å². The normalized spacial score (nSPS) is 16.0. The SMILES string of the molecule is CCCC(=O)NN1CC(C)=CC1=O. The summed E-state index contributed by atoms with van der Waals surface area (Å²) in [5.74, 6) is -0.235. The van der Waals surface area contributed by atoms with Crippen LogP contribution < -0.4 is 5.43 Å². The Kier molecular flexibility index (Phi) is 3.06. The first-order chi connectivity index (χ1) is 6.13. The Hall–Kier alpha value is -1.32. The van der Waals surface area contributed by atoms with E-state index in [0.29, 0.717) is 13.0 Å². The molecule has 0 saturated carbocycles. The van der Waals surface area contributed by atoms with Crippen LogP contribution in [0.25, 0.3) is 0 Å². The van der Waals surface area contributed by atoms with Crippen molar-refractivity contribution in [1.29, 1.82) is 0 Å². The van der Waals surface area contributed by atoms with Crippen molar-refractivity contribution >= 4 is 11.8 Å². The lowest BCUT2D eigenvalue weighted by atomic mass is 10.3. The second-order valence-corrected chi connectivity index (χ2v) is 3.20. The summed E-state index contributed by atoms with van der Waals surface area (Å²) in [5.41, 5.74) is 3.53. The van der Waals surface area contributed by atoms with Crippen LogP contribution >= 0.6 is 0 Å². The second-order valence-electron chi connectivity index (χ2n) is 3.20. The molecule has 0 aromatic heterocycles. The van der Waals surface area contributed by atoms with E-state index in [1.165, 1.54) is 11.1 Å². The third-order valence-corrected chi connectivity index (χ3v) is 1.78. The highest BCUT2D eigenvalue weighted by Gasteiger charge is 2.19. The molecule has 1 rings (SSSR count). The van der Waals surface area contributed by atoms with Crippen LogP contribution in [0.3, 0.4) is 0 Å². The van der Waals surface area contributed by atoms with Crippen molar-refractivity contribution in [1.82, 2.24) is 10.4 Å². The van der Waals surface area contributed by atoms with E-state index in [-0.39, 0.29) is 11.8 Å². The summed E-state index contributed by atoms with van der Waals surface area (Å²) in [7, 11) is 0. The molecule has 1 N–H and O–H groups in total. The number of carbonyl (C=O) groups is 2. The first-order valence-electron chi connectivity index (χ1n) is 4.41. The highest BCUT2D eigenvalue weighted by molar-refractivity contribution is 5.92. The first-order valence-corrected chi connectivity index (χ1v) is 4.41. The molecule has 0 atom stereocenters. The minimum absolute atomic E-state index is 0.0982. The van der Waals surface area contributed by atoms with E-state index in [9.17, 15) is 9.59 Å². The number of amides is 2. The number of carbonyl (C=O) groups excluding carboxylic acids is 2. The van der Waals surface area contributed by atoms with Gasteiger partial charge < -0.3 is 0 Å². The maximum atomic E-state index is 11.2. The molecule has 0 bridgehead atoms. The van der Waals surface area contributed by atoms with E-state index in [0.717, 1.165) is 12.0 Å². The smallest absolute Gasteiger partial charge is 0.265 e. The van der Waals surface area contributed by atoms with E-state index in [2.05, 4.69) is 5.43 Å². The molecular weight excluding hydrogens is 168 g/mol. The van der Waals surface area contributed by atoms with Gasteiger partial charge >= 0.3 is 0 Å². The van der Waals surface area contributed by atoms with Gasteiger partial charge in [0.05, 0.1) is 6.54 Å². The average Bonchev–Trinajstić information content (AvgIpc) is 2.30. The van der Waals surface area contributed by atoms with Gasteiger partial charge in [-0.1, -0.05) is 6.92 Å². The molecule has 72 valence electrons. The first kappa shape index (κ1) is 9.77. The predicted octanol–water partition coefficient (Wildman–Crippen LogP) is 0.606. The number of rotatable bonds is 3. The van der Waals surface area contributed by atoms with Gasteiger partial charge in [0.2, 0.25) is 5.91 Å². The Balaban J connectivity index is 2.40. The van der Waals surface area contributed by atoms with Gasteiger partial charge in [0.25, 0.3) is 5.91 Å². The summed E-state index contributed by atoms with van der Waals surface area (Å²) in [6, 6.07) is 0. The standard InChI is InChI=1S/C9H14N2O2/c1-3-4-8(12)10-11-6-7(2)5-9(11)13/h5H,3-4,6H2,1-2H3,(H,10,12). The van der Waals surface area contributed by atoms with E-state index in [1.54, 1.807) is 0 Å². The number of nitrogens with one attached hydrogen (secondary N) is 1. The lowest BCUT2D eigenvalue weighted by Gasteiger charge is -2.16. The van der Waals surface area contributed by atoms with Gasteiger partial charge in [-0.2, -0.15) is 0 Å². The molecule has 0 radical (unpaired) electrons. The molecular formula is C9H14N2O2. The van der Waals surface area contributed by atoms with Gasteiger partial charge in [0, 0.05) is 12.5 Å². The molecule has 4 heteroatoms. The molecule has 0 fully saturated rings. The van der Waals surface area contributed by atoms with E-state index < -0.39 is 0 Å². The highest BCUT2D eigenvalue weighted by Crippen LogP contribution is 2.06. The minimum atomic E-state index is -0.137. The molecule has 13 heavy (non-hydrogen) atoms. The summed E-state index contributed by atoms with van der Waals surface area (Å²) in [6.45, 7) is 4.30. The van der Waals surface area contributed by atoms with Crippen molar-refractivity contribution < 1.29 is 9.59 Å². The van der Waals surface area contributed by atoms with Crippen LogP contribution in [0, 0.1) is 0 Å². The molecule has 1 aliphatic rings. The van der Waals surface area contributed by atoms with Crippen LogP contribution in [0.2, 0.25) is 0 Å². The molecule has 0 aromatic carbocycles. The summed E-state index contributed by atoms with van der Waals surface area (Å²) < 4.78 is 0. The molecule has 0 aliphatic carbocycles. The Bertz CT molecular complexity index is 258. The maximum Gasteiger partial charge on any atom is 0.265 e. The van der Waals surface area contributed by atoms with Crippen molar-refractivity contribution in [3.05, 3.63) is 11.6 Å². The largest absolute Gasteiger partial charge is 0.273 e. The molecule has 1 heterocycles. The molecule has 0 unspecified atom stereocenters. The fourth-order valence-electron chi connectivity index (χ4n) is 1.19. The van der Waals surface area contributed by atoms with Crippen LogP contribution in [-0.2, 0) is 9.59 Å². The molecule has 0 aromatic rings. The van der Waals surface area contributed by atoms with E-state index in [1.807, 2.05) is 13.8 Å². The number of hydrazine groups is 1. The third kappa shape index (κ3) is 2.57. The molecule has 0 saturated heterocycles. The zero-order chi connectivity index (χ0) is 9.84. The molecule has 2 amide bonds. The summed E-state index contributed by atoms with van der Waals surface area (Å²) in [6.07, 6.45) is 2.79. The Morgan fingerprint density at radius 2 is 2.38 bits per heavy atom. The van der Waals surface area contributed by atoms with Crippen molar-refractivity contribution in [2.24, 2.45) is 0 Å². The zero-order valence-corrected chi connectivity index (χ0v) is 7.96. The topological polar surface area (TPSA) is 49.4 Å². The number of hydrogen-bond acceptors (Lipinski definition) is 2. The maximum absolute atomic E-state index is 11.2. The summed E-state index contributed by atoms with van der Waals surface area (Å²) in [4.78, 5) is 22.3. The van der Waals surface area contributed by atoms with Crippen molar-refractivity contribution in [2.45, 2.75) is 26.7 Å². The van der Waals surface area contributed by atoms with Crippen molar-refractivity contribution in [3.8, 4) is 0 Å². The lowest BCUT2D eigenvalue weighted by Crippen LogP contribution is -2.43. The molecule has 4 nitrogen and oxygen atoms in total. The lowest BCUT2D eigenvalue weighted by molar-refractivity contribution is -0.136. The van der Waals surface area contributed by atoms with Crippen LogP contribution in [0.15, 0.2) is 11.6 Å². The highest BCUT2D eigenvalue weighted by atomic mass is 16.2. The van der Waals surface area contributed by atoms with Crippen LogP contribution in [0.4, 0.5) is 0 Å². The summed E-state index contributed by atoms with van der Waals surface area (Å²) >= 11 is 0. The fraction of sp³-hybridized carbons (Fsp3) is 0.556. The minimum Gasteiger partial charge on any atom is -0.273 e. The Morgan fingerprint density at radius 3 is 2.85 bits per heavy atom. The Morgan fingerprint density at radius 1 is 1.69 bits per heavy atom. The zero-order valence-electron chi connectivity index (χ0n) is 7.96. The van der Waals surface area contributed by atoms with Gasteiger partial charge in [0.15, 0.2) is 0 Å². The van der Waals surface area contributed by atoms with Gasteiger partial charge in [-0.05, 0) is 18.9 Å². The average molecular weight is 182 g/mol. The van der Waals surface area contributed by atoms with Crippen LogP contribution in [0.1, 0.15) is 26.7 Å². The molecule has 0 spiro atoms. The van der Waals surface area contributed by atoms with Crippen molar-refractivity contribution in [2.75, 3.05) is 6.54 Å². The quantitative estimate of drug-likeness (QED) is 0.695. The van der Waals surface area contributed by atoms with Crippen molar-refractivity contribution in [3.63, 3.8) is 0 Å². The van der Waals surface area contributed by atoms with Gasteiger partial charge in [0.1, 0.15) is 0 Å². The number of nitrogens with zero attached hydrogens (tertiary/aromatic N) is 1. The van der Waals surface area contributed by atoms with Crippen LogP contribution in [0.5, 0.6) is 0 Å². The van der Waals surface area contributed by atoms with Crippen LogP contribution in [-0.4, -0.2) is 23.4 Å². The van der Waals surface area contributed by atoms with Gasteiger partial charge in [-0.15, -0.1) is 0 Å². The second kappa shape index (κ2) is 4.07. The monoisotopic (exact) mass is 182 g/mol. The number of hydrogen-bond donors (Lipinski definition) is 1. The predicted molar refractivity (Wildman–Crippen MR) is 48.5 cm³/mol. The fourth-order valence-corrected chi connectivity index (χ4v) is 1.19. The third-order valence-electron chi connectivity index (χ3n) is 1.78. The summed E-state index contributed by atoms with van der Waals surface area (Å²) in [5, 5.41) is 1.34. The Labute approximate surface area is 77.6 Å². The van der Waals surface area contributed by atoms with Gasteiger partial charge in [-0.25, -0.2) is 5.01 Å². The van der Waals surface area contributed by atoms with E-state index in [4.69, 9.17) is 0 Å². The molecule has 1 aliphatic heterocycles.